The van der Waals surface area contributed by atoms with E-state index in [0.29, 0.717) is 18.0 Å². The zero-order valence-corrected chi connectivity index (χ0v) is 13.3. The first-order chi connectivity index (χ1) is 9.47. The van der Waals surface area contributed by atoms with Crippen molar-refractivity contribution in [1.29, 1.82) is 0 Å². The smallest absolute Gasteiger partial charge is 0.121 e. The Morgan fingerprint density at radius 3 is 2.80 bits per heavy atom. The van der Waals surface area contributed by atoms with Gasteiger partial charge >= 0.3 is 0 Å². The van der Waals surface area contributed by atoms with E-state index in [1.165, 1.54) is 6.42 Å². The zero-order chi connectivity index (χ0) is 14.7. The van der Waals surface area contributed by atoms with Crippen molar-refractivity contribution in [3.05, 3.63) is 23.6 Å². The number of hydrogen-bond donors (Lipinski definition) is 1. The van der Waals surface area contributed by atoms with Gasteiger partial charge in [0.05, 0.1) is 12.3 Å². The zero-order valence-electron chi connectivity index (χ0n) is 13.3. The summed E-state index contributed by atoms with van der Waals surface area (Å²) in [5, 5.41) is 0. The van der Waals surface area contributed by atoms with Gasteiger partial charge in [-0.1, -0.05) is 19.9 Å². The maximum atomic E-state index is 6.04. The van der Waals surface area contributed by atoms with E-state index < -0.39 is 0 Å². The number of likely N-dealkylation sites (tertiary alicyclic amines) is 1. The normalized spacial score (nSPS) is 27.9. The molecule has 4 heteroatoms. The van der Waals surface area contributed by atoms with E-state index in [2.05, 4.69) is 43.8 Å². The summed E-state index contributed by atoms with van der Waals surface area (Å²) < 4.78 is 5.89. The second-order valence-corrected chi connectivity index (χ2v) is 6.62. The lowest BCUT2D eigenvalue weighted by Crippen LogP contribution is -2.37. The Bertz CT molecular complexity index is 387. The molecular weight excluding hydrogens is 250 g/mol. The third-order valence-corrected chi connectivity index (χ3v) is 4.20. The highest BCUT2D eigenvalue weighted by Gasteiger charge is 2.30. The molecule has 1 unspecified atom stereocenters. The lowest BCUT2D eigenvalue weighted by molar-refractivity contribution is 0.148. The predicted molar refractivity (Wildman–Crippen MR) is 83.2 cm³/mol. The van der Waals surface area contributed by atoms with Crippen LogP contribution in [0.3, 0.4) is 0 Å². The van der Waals surface area contributed by atoms with Crippen LogP contribution in [0.2, 0.25) is 0 Å². The lowest BCUT2D eigenvalue weighted by atomic mass is 10.0. The second kappa shape index (κ2) is 6.64. The first kappa shape index (κ1) is 15.4. The molecule has 4 nitrogen and oxygen atoms in total. The molecule has 1 fully saturated rings. The van der Waals surface area contributed by atoms with Crippen molar-refractivity contribution in [2.45, 2.75) is 38.8 Å². The Morgan fingerprint density at radius 2 is 2.20 bits per heavy atom. The van der Waals surface area contributed by atoms with Crippen LogP contribution in [0.1, 0.15) is 26.7 Å². The SMILES string of the molecule is CC(C)COC1=C(N)C=CC(N2CC[C@H](N(C)C)C2)C1. The number of ether oxygens (including phenoxy) is 1. The quantitative estimate of drug-likeness (QED) is 0.833. The monoisotopic (exact) mass is 279 g/mol. The molecule has 1 saturated heterocycles. The van der Waals surface area contributed by atoms with Crippen molar-refractivity contribution in [1.82, 2.24) is 9.80 Å². The first-order valence-corrected chi connectivity index (χ1v) is 7.67. The van der Waals surface area contributed by atoms with Gasteiger partial charge in [0.2, 0.25) is 0 Å². The maximum absolute atomic E-state index is 6.04. The number of likely N-dealkylation sites (N-methyl/N-ethyl adjacent to an activating group) is 1. The van der Waals surface area contributed by atoms with Crippen LogP contribution >= 0.6 is 0 Å². The summed E-state index contributed by atoms with van der Waals surface area (Å²) in [7, 11) is 4.33. The third kappa shape index (κ3) is 3.76. The Hall–Kier alpha value is -1.00. The molecule has 0 radical (unpaired) electrons. The van der Waals surface area contributed by atoms with Crippen LogP contribution < -0.4 is 5.73 Å². The lowest BCUT2D eigenvalue weighted by Gasteiger charge is -2.30. The first-order valence-electron chi connectivity index (χ1n) is 7.67. The van der Waals surface area contributed by atoms with Crippen LogP contribution in [-0.4, -0.2) is 55.7 Å². The van der Waals surface area contributed by atoms with Gasteiger partial charge in [-0.05, 0) is 32.5 Å². The average molecular weight is 279 g/mol. The molecule has 0 saturated carbocycles. The van der Waals surface area contributed by atoms with E-state index in [4.69, 9.17) is 10.5 Å². The van der Waals surface area contributed by atoms with Gasteiger partial charge in [0.1, 0.15) is 5.76 Å². The Balaban J connectivity index is 1.92. The average Bonchev–Trinajstić information content (AvgIpc) is 2.87. The number of hydrogen-bond acceptors (Lipinski definition) is 4. The number of nitrogens with zero attached hydrogens (tertiary/aromatic N) is 2. The highest BCUT2D eigenvalue weighted by Crippen LogP contribution is 2.25. The van der Waals surface area contributed by atoms with E-state index in [1.807, 2.05) is 6.08 Å². The Labute approximate surface area is 123 Å². The van der Waals surface area contributed by atoms with Crippen LogP contribution in [0.5, 0.6) is 0 Å². The minimum atomic E-state index is 0.439. The molecule has 0 aromatic heterocycles. The van der Waals surface area contributed by atoms with E-state index in [0.717, 1.165) is 37.6 Å². The Morgan fingerprint density at radius 1 is 1.45 bits per heavy atom. The molecule has 2 atom stereocenters. The molecule has 0 aromatic carbocycles. The third-order valence-electron chi connectivity index (χ3n) is 4.20. The summed E-state index contributed by atoms with van der Waals surface area (Å²) in [6.07, 6.45) is 6.41. The van der Waals surface area contributed by atoms with Gasteiger partial charge in [-0.15, -0.1) is 0 Å². The fourth-order valence-corrected chi connectivity index (χ4v) is 2.83. The van der Waals surface area contributed by atoms with Crippen LogP contribution in [0.25, 0.3) is 0 Å². The summed E-state index contributed by atoms with van der Waals surface area (Å²) in [4.78, 5) is 4.87. The van der Waals surface area contributed by atoms with Crippen molar-refractivity contribution < 1.29 is 4.74 Å². The molecule has 1 aliphatic heterocycles. The largest absolute Gasteiger partial charge is 0.495 e. The number of allylic oxidation sites excluding steroid dienone is 1. The van der Waals surface area contributed by atoms with Crippen molar-refractivity contribution in [2.75, 3.05) is 33.8 Å². The fraction of sp³-hybridized carbons (Fsp3) is 0.750. The Kier molecular flexibility index (Phi) is 5.11. The van der Waals surface area contributed by atoms with Crippen LogP contribution in [0.15, 0.2) is 23.6 Å². The molecule has 2 rings (SSSR count). The molecule has 114 valence electrons. The standard InChI is InChI=1S/C16H29N3O/c1-12(2)11-20-16-9-13(5-6-15(16)17)19-8-7-14(10-19)18(3)4/h5-6,12-14H,7-11,17H2,1-4H3/t13?,14-/m0/s1. The van der Waals surface area contributed by atoms with Gasteiger partial charge in [-0.3, -0.25) is 4.90 Å². The topological polar surface area (TPSA) is 41.7 Å². The van der Waals surface area contributed by atoms with Crippen molar-refractivity contribution in [2.24, 2.45) is 11.7 Å². The van der Waals surface area contributed by atoms with E-state index in [9.17, 15) is 0 Å². The highest BCUT2D eigenvalue weighted by molar-refractivity contribution is 5.27. The summed E-state index contributed by atoms with van der Waals surface area (Å²) in [5.41, 5.74) is 6.84. The molecular formula is C16H29N3O. The van der Waals surface area contributed by atoms with Crippen LogP contribution in [0, 0.1) is 5.92 Å². The van der Waals surface area contributed by atoms with Crippen molar-refractivity contribution >= 4 is 0 Å². The van der Waals surface area contributed by atoms with Gasteiger partial charge in [0.25, 0.3) is 0 Å². The van der Waals surface area contributed by atoms with Gasteiger partial charge < -0.3 is 15.4 Å². The molecule has 1 heterocycles. The summed E-state index contributed by atoms with van der Waals surface area (Å²) in [5.74, 6) is 1.50. The summed E-state index contributed by atoms with van der Waals surface area (Å²) in [6.45, 7) is 7.37. The molecule has 1 aliphatic carbocycles. The molecule has 0 spiro atoms. The second-order valence-electron chi connectivity index (χ2n) is 6.62. The van der Waals surface area contributed by atoms with Crippen molar-refractivity contribution in [3.63, 3.8) is 0 Å². The maximum Gasteiger partial charge on any atom is 0.121 e. The predicted octanol–water partition coefficient (Wildman–Crippen LogP) is 1.79. The summed E-state index contributed by atoms with van der Waals surface area (Å²) >= 11 is 0. The van der Waals surface area contributed by atoms with Crippen LogP contribution in [-0.2, 0) is 4.74 Å². The van der Waals surface area contributed by atoms with Gasteiger partial charge in [0, 0.05) is 31.6 Å². The molecule has 0 amide bonds. The highest BCUT2D eigenvalue weighted by atomic mass is 16.5. The van der Waals surface area contributed by atoms with Crippen molar-refractivity contribution in [3.8, 4) is 0 Å². The molecule has 0 aromatic rings. The molecule has 0 bridgehead atoms. The minimum absolute atomic E-state index is 0.439. The van der Waals surface area contributed by atoms with E-state index in [1.54, 1.807) is 0 Å². The van der Waals surface area contributed by atoms with Gasteiger partial charge in [0.15, 0.2) is 0 Å². The molecule has 20 heavy (non-hydrogen) atoms. The summed E-state index contributed by atoms with van der Waals surface area (Å²) in [6, 6.07) is 1.11. The van der Waals surface area contributed by atoms with E-state index in [-0.39, 0.29) is 0 Å². The fourth-order valence-electron chi connectivity index (χ4n) is 2.83. The van der Waals surface area contributed by atoms with E-state index >= 15 is 0 Å². The van der Waals surface area contributed by atoms with Crippen LogP contribution in [0.4, 0.5) is 0 Å². The van der Waals surface area contributed by atoms with Gasteiger partial charge in [-0.25, -0.2) is 0 Å². The number of nitrogens with two attached hydrogens (primary N) is 1. The minimum Gasteiger partial charge on any atom is -0.495 e. The molecule has 2 aliphatic rings. The van der Waals surface area contributed by atoms with Gasteiger partial charge in [-0.2, -0.15) is 0 Å². The number of rotatable bonds is 5. The molecule has 2 N–H and O–H groups in total.